The molecule has 0 saturated carbocycles. The van der Waals surface area contributed by atoms with E-state index in [9.17, 15) is 9.18 Å². The summed E-state index contributed by atoms with van der Waals surface area (Å²) < 4.78 is 16.8. The molecule has 160 valence electrons. The van der Waals surface area contributed by atoms with Gasteiger partial charge in [0.1, 0.15) is 5.82 Å². The van der Waals surface area contributed by atoms with Crippen molar-refractivity contribution in [2.45, 2.75) is 26.7 Å². The van der Waals surface area contributed by atoms with Crippen LogP contribution in [0, 0.1) is 5.82 Å². The van der Waals surface area contributed by atoms with Crippen molar-refractivity contribution in [1.29, 1.82) is 0 Å². The molecule has 2 N–H and O–H groups in total. The summed E-state index contributed by atoms with van der Waals surface area (Å²) in [6.07, 6.45) is 7.10. The van der Waals surface area contributed by atoms with Gasteiger partial charge in [0.15, 0.2) is 5.65 Å². The van der Waals surface area contributed by atoms with Crippen LogP contribution in [0.15, 0.2) is 65.8 Å². The number of halogens is 1. The second kappa shape index (κ2) is 9.04. The van der Waals surface area contributed by atoms with Crippen LogP contribution < -0.4 is 15.8 Å². The lowest BCUT2D eigenvalue weighted by atomic mass is 10.1. The highest BCUT2D eigenvalue weighted by Gasteiger charge is 2.13. The Bertz CT molecular complexity index is 1240. The fourth-order valence-corrected chi connectivity index (χ4v) is 3.84. The molecule has 6 nitrogen and oxygen atoms in total. The second-order valence-corrected chi connectivity index (χ2v) is 7.47. The average molecular weight is 420 g/mol. The Morgan fingerprint density at radius 3 is 2.61 bits per heavy atom. The van der Waals surface area contributed by atoms with Gasteiger partial charge in [-0.2, -0.15) is 0 Å². The van der Waals surface area contributed by atoms with E-state index >= 15 is 0 Å². The lowest BCUT2D eigenvalue weighted by molar-refractivity contribution is 0.614. The number of rotatable bonds is 8. The van der Waals surface area contributed by atoms with Gasteiger partial charge in [-0.25, -0.2) is 9.37 Å². The van der Waals surface area contributed by atoms with Crippen LogP contribution in [0.4, 0.5) is 21.5 Å². The standard InChI is InChI=1S/C24H26FN5O/c1-3-12-29(13-4-2)22-7-5-18(16-19(22)25)28-20-6-8-21(30-14-11-27-24(20)30)17-9-10-26-23(31)15-17/h5-11,14-16,28H,3-4,12-13H2,1-2H3,(H,26,31). The number of H-pyrrole nitrogens is 1. The molecule has 0 aliphatic heterocycles. The molecule has 0 aliphatic carbocycles. The van der Waals surface area contributed by atoms with E-state index in [4.69, 9.17) is 0 Å². The van der Waals surface area contributed by atoms with Gasteiger partial charge in [-0.3, -0.25) is 9.20 Å². The first kappa shape index (κ1) is 20.7. The summed E-state index contributed by atoms with van der Waals surface area (Å²) in [5.41, 5.74) is 4.21. The van der Waals surface area contributed by atoms with Crippen molar-refractivity contribution in [3.8, 4) is 11.3 Å². The minimum Gasteiger partial charge on any atom is -0.369 e. The van der Waals surface area contributed by atoms with Gasteiger partial charge in [-0.15, -0.1) is 0 Å². The molecule has 3 heterocycles. The second-order valence-electron chi connectivity index (χ2n) is 7.47. The van der Waals surface area contributed by atoms with Crippen molar-refractivity contribution in [2.75, 3.05) is 23.3 Å². The van der Waals surface area contributed by atoms with Gasteiger partial charge in [0, 0.05) is 49.0 Å². The normalized spacial score (nSPS) is 11.1. The van der Waals surface area contributed by atoms with Crippen LogP contribution >= 0.6 is 0 Å². The Morgan fingerprint density at radius 1 is 1.10 bits per heavy atom. The molecule has 4 aromatic rings. The van der Waals surface area contributed by atoms with Crippen molar-refractivity contribution in [1.82, 2.24) is 14.4 Å². The quantitative estimate of drug-likeness (QED) is 0.412. The van der Waals surface area contributed by atoms with E-state index in [0.717, 1.165) is 42.9 Å². The number of hydrogen-bond acceptors (Lipinski definition) is 4. The number of nitrogens with one attached hydrogen (secondary N) is 2. The Morgan fingerprint density at radius 2 is 1.90 bits per heavy atom. The monoisotopic (exact) mass is 419 g/mol. The average Bonchev–Trinajstić information content (AvgIpc) is 3.24. The van der Waals surface area contributed by atoms with Crippen LogP contribution in [0.25, 0.3) is 16.9 Å². The van der Waals surface area contributed by atoms with Crippen molar-refractivity contribution in [3.63, 3.8) is 0 Å². The summed E-state index contributed by atoms with van der Waals surface area (Å²) >= 11 is 0. The Hall–Kier alpha value is -3.61. The molecule has 31 heavy (non-hydrogen) atoms. The van der Waals surface area contributed by atoms with Crippen molar-refractivity contribution >= 4 is 22.7 Å². The lowest BCUT2D eigenvalue weighted by Gasteiger charge is -2.24. The summed E-state index contributed by atoms with van der Waals surface area (Å²) in [5.74, 6) is -0.244. The fourth-order valence-electron chi connectivity index (χ4n) is 3.84. The molecule has 0 saturated heterocycles. The summed E-state index contributed by atoms with van der Waals surface area (Å²) in [5, 5.41) is 3.28. The predicted octanol–water partition coefficient (Wildman–Crippen LogP) is 5.20. The third-order valence-corrected chi connectivity index (χ3v) is 5.17. The first-order valence-electron chi connectivity index (χ1n) is 10.6. The molecule has 0 atom stereocenters. The fraction of sp³-hybridized carbons (Fsp3) is 0.250. The van der Waals surface area contributed by atoms with Gasteiger partial charge in [-0.05, 0) is 49.2 Å². The van der Waals surface area contributed by atoms with Gasteiger partial charge in [-0.1, -0.05) is 13.8 Å². The highest BCUT2D eigenvalue weighted by atomic mass is 19.1. The number of pyridine rings is 2. The number of anilines is 3. The number of imidazole rings is 1. The predicted molar refractivity (Wildman–Crippen MR) is 124 cm³/mol. The molecule has 0 amide bonds. The van der Waals surface area contributed by atoms with E-state index < -0.39 is 0 Å². The molecule has 0 aliphatic rings. The number of aromatic amines is 1. The summed E-state index contributed by atoms with van der Waals surface area (Å²) in [7, 11) is 0. The maximum absolute atomic E-state index is 14.9. The molecule has 3 aromatic heterocycles. The molecule has 0 radical (unpaired) electrons. The maximum atomic E-state index is 14.9. The van der Waals surface area contributed by atoms with E-state index in [0.29, 0.717) is 17.0 Å². The van der Waals surface area contributed by atoms with Gasteiger partial charge in [0.05, 0.1) is 17.1 Å². The minimum atomic E-state index is -0.244. The molecular formula is C24H26FN5O. The van der Waals surface area contributed by atoms with Crippen LogP contribution in [0.2, 0.25) is 0 Å². The molecule has 4 rings (SSSR count). The van der Waals surface area contributed by atoms with Gasteiger partial charge < -0.3 is 15.2 Å². The number of hydrogen-bond donors (Lipinski definition) is 2. The smallest absolute Gasteiger partial charge is 0.248 e. The van der Waals surface area contributed by atoms with Crippen LogP contribution in [-0.2, 0) is 0 Å². The molecule has 0 spiro atoms. The zero-order valence-electron chi connectivity index (χ0n) is 17.7. The Labute approximate surface area is 180 Å². The van der Waals surface area contributed by atoms with E-state index in [1.807, 2.05) is 40.9 Å². The zero-order valence-corrected chi connectivity index (χ0v) is 17.7. The van der Waals surface area contributed by atoms with Crippen LogP contribution in [0.3, 0.4) is 0 Å². The Kier molecular flexibility index (Phi) is 6.02. The topological polar surface area (TPSA) is 65.4 Å². The van der Waals surface area contributed by atoms with E-state index in [-0.39, 0.29) is 11.4 Å². The number of benzene rings is 1. The minimum absolute atomic E-state index is 0.163. The summed E-state index contributed by atoms with van der Waals surface area (Å²) in [6.45, 7) is 5.86. The lowest BCUT2D eigenvalue weighted by Crippen LogP contribution is -2.25. The maximum Gasteiger partial charge on any atom is 0.248 e. The van der Waals surface area contributed by atoms with E-state index in [1.165, 1.54) is 6.07 Å². The highest BCUT2D eigenvalue weighted by Crippen LogP contribution is 2.29. The number of fused-ring (bicyclic) bond motifs is 1. The molecular weight excluding hydrogens is 393 g/mol. The first-order valence-corrected chi connectivity index (χ1v) is 10.6. The van der Waals surface area contributed by atoms with Crippen LogP contribution in [-0.4, -0.2) is 27.5 Å². The van der Waals surface area contributed by atoms with Gasteiger partial charge in [0.2, 0.25) is 5.56 Å². The van der Waals surface area contributed by atoms with Crippen LogP contribution in [0.1, 0.15) is 26.7 Å². The number of nitrogens with zero attached hydrogens (tertiary/aromatic N) is 3. The first-order chi connectivity index (χ1) is 15.1. The Balaban J connectivity index is 1.65. The molecule has 0 fully saturated rings. The molecule has 0 unspecified atom stereocenters. The van der Waals surface area contributed by atoms with Crippen LogP contribution in [0.5, 0.6) is 0 Å². The third-order valence-electron chi connectivity index (χ3n) is 5.17. The van der Waals surface area contributed by atoms with Crippen molar-refractivity contribution < 1.29 is 4.39 Å². The largest absolute Gasteiger partial charge is 0.369 e. The van der Waals surface area contributed by atoms with E-state index in [1.54, 1.807) is 18.5 Å². The molecule has 7 heteroatoms. The number of aromatic nitrogens is 3. The SMILES string of the molecule is CCCN(CCC)c1ccc(Nc2ccc(-c3cc[nH]c(=O)c3)n3ccnc23)cc1F. The molecule has 0 bridgehead atoms. The van der Waals surface area contributed by atoms with E-state index in [2.05, 4.69) is 34.0 Å². The summed E-state index contributed by atoms with van der Waals surface area (Å²) in [6, 6.07) is 12.4. The summed E-state index contributed by atoms with van der Waals surface area (Å²) in [4.78, 5) is 20.9. The van der Waals surface area contributed by atoms with Crippen molar-refractivity contribution in [3.05, 3.63) is 77.2 Å². The highest BCUT2D eigenvalue weighted by molar-refractivity contribution is 5.78. The molecule has 1 aromatic carbocycles. The zero-order chi connectivity index (χ0) is 21.8. The van der Waals surface area contributed by atoms with Gasteiger partial charge >= 0.3 is 0 Å². The third kappa shape index (κ3) is 4.30. The van der Waals surface area contributed by atoms with Gasteiger partial charge in [0.25, 0.3) is 0 Å². The van der Waals surface area contributed by atoms with Crippen molar-refractivity contribution in [2.24, 2.45) is 0 Å².